The second-order valence-electron chi connectivity index (χ2n) is 6.21. The van der Waals surface area contributed by atoms with Crippen molar-refractivity contribution in [2.75, 3.05) is 16.8 Å². The van der Waals surface area contributed by atoms with Gasteiger partial charge in [-0.25, -0.2) is 4.79 Å². The number of carbonyl (C=O) groups is 2. The number of fused-ring (bicyclic) bond motifs is 3. The Kier molecular flexibility index (Phi) is 2.74. The van der Waals surface area contributed by atoms with Crippen LogP contribution in [-0.2, 0) is 4.79 Å². The summed E-state index contributed by atoms with van der Waals surface area (Å²) in [6.45, 7) is 4.97. The third-order valence-electron chi connectivity index (χ3n) is 4.33. The Hall–Kier alpha value is -2.04. The molecule has 0 spiro atoms. The van der Waals surface area contributed by atoms with E-state index in [1.165, 1.54) is 6.07 Å². The SMILES string of the molecule is CC1(C)CCCN2c3cc(C(=O)O)ccc3NC(=O)C21. The maximum Gasteiger partial charge on any atom is 0.335 e. The lowest BCUT2D eigenvalue weighted by Crippen LogP contribution is -2.58. The standard InChI is InChI=1S/C15H18N2O3/c1-15(2)6-3-7-17-11-8-9(14(19)20)4-5-10(11)16-13(18)12(15)17/h4-5,8,12H,3,6-7H2,1-2H3,(H,16,18)(H,19,20). The lowest BCUT2D eigenvalue weighted by Gasteiger charge is -2.49. The third kappa shape index (κ3) is 1.85. The Morgan fingerprint density at radius 2 is 2.20 bits per heavy atom. The van der Waals surface area contributed by atoms with Gasteiger partial charge in [0.15, 0.2) is 0 Å². The van der Waals surface area contributed by atoms with E-state index in [0.717, 1.165) is 25.1 Å². The van der Waals surface area contributed by atoms with E-state index in [0.29, 0.717) is 5.69 Å². The van der Waals surface area contributed by atoms with Gasteiger partial charge in [0.2, 0.25) is 5.91 Å². The zero-order valence-corrected chi connectivity index (χ0v) is 11.6. The molecular weight excluding hydrogens is 256 g/mol. The number of hydrogen-bond donors (Lipinski definition) is 2. The summed E-state index contributed by atoms with van der Waals surface area (Å²) in [7, 11) is 0. The van der Waals surface area contributed by atoms with Gasteiger partial charge in [0, 0.05) is 6.54 Å². The molecule has 2 aliphatic rings. The average Bonchev–Trinajstić information content (AvgIpc) is 2.37. The van der Waals surface area contributed by atoms with Crippen molar-refractivity contribution in [1.82, 2.24) is 0 Å². The summed E-state index contributed by atoms with van der Waals surface area (Å²) in [6, 6.07) is 4.63. The molecule has 5 nitrogen and oxygen atoms in total. The van der Waals surface area contributed by atoms with Crippen LogP contribution in [0, 0.1) is 5.41 Å². The summed E-state index contributed by atoms with van der Waals surface area (Å²) in [4.78, 5) is 25.5. The highest BCUT2D eigenvalue weighted by Gasteiger charge is 2.45. The molecule has 0 bridgehead atoms. The highest BCUT2D eigenvalue weighted by Crippen LogP contribution is 2.43. The van der Waals surface area contributed by atoms with Crippen molar-refractivity contribution in [3.8, 4) is 0 Å². The maximum absolute atomic E-state index is 12.4. The lowest BCUT2D eigenvalue weighted by molar-refractivity contribution is -0.120. The first-order valence-electron chi connectivity index (χ1n) is 6.85. The first-order valence-corrected chi connectivity index (χ1v) is 6.85. The largest absolute Gasteiger partial charge is 0.478 e. The smallest absolute Gasteiger partial charge is 0.335 e. The van der Waals surface area contributed by atoms with Gasteiger partial charge in [0.05, 0.1) is 16.9 Å². The second-order valence-corrected chi connectivity index (χ2v) is 6.21. The van der Waals surface area contributed by atoms with Crippen LogP contribution in [0.25, 0.3) is 0 Å². The first-order chi connectivity index (χ1) is 9.40. The summed E-state index contributed by atoms with van der Waals surface area (Å²) in [5, 5.41) is 12.0. The number of anilines is 2. The molecule has 2 heterocycles. The van der Waals surface area contributed by atoms with Gasteiger partial charge in [0.1, 0.15) is 6.04 Å². The molecule has 1 unspecified atom stereocenters. The number of nitrogens with zero attached hydrogens (tertiary/aromatic N) is 1. The van der Waals surface area contributed by atoms with Crippen molar-refractivity contribution in [1.29, 1.82) is 0 Å². The molecule has 1 saturated heterocycles. The fourth-order valence-electron chi connectivity index (χ4n) is 3.36. The van der Waals surface area contributed by atoms with Crippen molar-refractivity contribution in [3.63, 3.8) is 0 Å². The van der Waals surface area contributed by atoms with Crippen LogP contribution in [0.3, 0.4) is 0 Å². The van der Waals surface area contributed by atoms with Crippen molar-refractivity contribution in [3.05, 3.63) is 23.8 Å². The van der Waals surface area contributed by atoms with Gasteiger partial charge in [-0.1, -0.05) is 13.8 Å². The fraction of sp³-hybridized carbons (Fsp3) is 0.467. The van der Waals surface area contributed by atoms with E-state index in [-0.39, 0.29) is 22.9 Å². The molecule has 3 rings (SSSR count). The van der Waals surface area contributed by atoms with Crippen molar-refractivity contribution in [2.24, 2.45) is 5.41 Å². The Bertz CT molecular complexity index is 595. The van der Waals surface area contributed by atoms with Gasteiger partial charge < -0.3 is 15.3 Å². The summed E-state index contributed by atoms with van der Waals surface area (Å²) in [5.74, 6) is -0.942. The van der Waals surface area contributed by atoms with E-state index < -0.39 is 5.97 Å². The number of carbonyl (C=O) groups excluding carboxylic acids is 1. The molecule has 5 heteroatoms. The molecule has 0 radical (unpaired) electrons. The average molecular weight is 274 g/mol. The minimum absolute atomic E-state index is 0.00488. The predicted molar refractivity (Wildman–Crippen MR) is 76.2 cm³/mol. The van der Waals surface area contributed by atoms with E-state index in [2.05, 4.69) is 24.1 Å². The maximum atomic E-state index is 12.4. The fourth-order valence-corrected chi connectivity index (χ4v) is 3.36. The van der Waals surface area contributed by atoms with E-state index >= 15 is 0 Å². The molecule has 0 aliphatic carbocycles. The summed E-state index contributed by atoms with van der Waals surface area (Å²) in [6.07, 6.45) is 2.00. The van der Waals surface area contributed by atoms with Gasteiger partial charge in [-0.05, 0) is 36.5 Å². The number of hydrogen-bond acceptors (Lipinski definition) is 3. The van der Waals surface area contributed by atoms with E-state index in [1.807, 2.05) is 0 Å². The number of carboxylic acid groups (broad SMARTS) is 1. The van der Waals surface area contributed by atoms with Crippen LogP contribution in [0.15, 0.2) is 18.2 Å². The molecule has 1 atom stereocenters. The molecule has 2 N–H and O–H groups in total. The highest BCUT2D eigenvalue weighted by molar-refractivity contribution is 6.05. The number of carboxylic acids is 1. The lowest BCUT2D eigenvalue weighted by atomic mass is 9.75. The third-order valence-corrected chi connectivity index (χ3v) is 4.33. The van der Waals surface area contributed by atoms with Crippen molar-refractivity contribution in [2.45, 2.75) is 32.7 Å². The summed E-state index contributed by atoms with van der Waals surface area (Å²) < 4.78 is 0. The number of amides is 1. The minimum Gasteiger partial charge on any atom is -0.478 e. The van der Waals surface area contributed by atoms with E-state index in [4.69, 9.17) is 5.11 Å². The number of nitrogens with one attached hydrogen (secondary N) is 1. The molecule has 1 aromatic rings. The minimum atomic E-state index is -0.947. The molecule has 1 aromatic carbocycles. The molecule has 1 fully saturated rings. The quantitative estimate of drug-likeness (QED) is 0.824. The van der Waals surface area contributed by atoms with Crippen molar-refractivity contribution < 1.29 is 14.7 Å². The van der Waals surface area contributed by atoms with Gasteiger partial charge in [-0.3, -0.25) is 4.79 Å². The summed E-state index contributed by atoms with van der Waals surface area (Å²) in [5.41, 5.74) is 1.66. The first kappa shape index (κ1) is 13.0. The monoisotopic (exact) mass is 274 g/mol. The van der Waals surface area contributed by atoms with Crippen LogP contribution < -0.4 is 10.2 Å². The van der Waals surface area contributed by atoms with Crippen molar-refractivity contribution >= 4 is 23.3 Å². The van der Waals surface area contributed by atoms with Gasteiger partial charge in [0.25, 0.3) is 0 Å². The summed E-state index contributed by atoms with van der Waals surface area (Å²) >= 11 is 0. The Morgan fingerprint density at radius 3 is 2.90 bits per heavy atom. The number of aromatic carboxylic acids is 1. The van der Waals surface area contributed by atoms with E-state index in [9.17, 15) is 9.59 Å². The van der Waals surface area contributed by atoms with Crippen LogP contribution in [0.4, 0.5) is 11.4 Å². The molecule has 1 amide bonds. The zero-order valence-electron chi connectivity index (χ0n) is 11.6. The molecule has 0 aromatic heterocycles. The highest BCUT2D eigenvalue weighted by atomic mass is 16.4. The zero-order chi connectivity index (χ0) is 14.5. The van der Waals surface area contributed by atoms with Gasteiger partial charge in [-0.2, -0.15) is 0 Å². The molecular formula is C15H18N2O3. The Morgan fingerprint density at radius 1 is 1.45 bits per heavy atom. The predicted octanol–water partition coefficient (Wildman–Crippen LogP) is 2.33. The van der Waals surface area contributed by atoms with Gasteiger partial charge in [-0.15, -0.1) is 0 Å². The Labute approximate surface area is 117 Å². The van der Waals surface area contributed by atoms with Crippen LogP contribution in [-0.4, -0.2) is 29.6 Å². The molecule has 106 valence electrons. The van der Waals surface area contributed by atoms with Gasteiger partial charge >= 0.3 is 5.97 Å². The van der Waals surface area contributed by atoms with Crippen LogP contribution in [0.5, 0.6) is 0 Å². The number of benzene rings is 1. The number of piperidine rings is 1. The number of rotatable bonds is 1. The van der Waals surface area contributed by atoms with Crippen LogP contribution >= 0.6 is 0 Å². The molecule has 2 aliphatic heterocycles. The van der Waals surface area contributed by atoms with Crippen LogP contribution in [0.2, 0.25) is 0 Å². The topological polar surface area (TPSA) is 69.6 Å². The second kappa shape index (κ2) is 4.23. The molecule has 0 saturated carbocycles. The van der Waals surface area contributed by atoms with E-state index in [1.54, 1.807) is 12.1 Å². The normalized spacial score (nSPS) is 23.6. The Balaban J connectivity index is 2.10. The van der Waals surface area contributed by atoms with Crippen LogP contribution in [0.1, 0.15) is 37.0 Å². The molecule has 20 heavy (non-hydrogen) atoms.